The number of carbonyl (C=O) groups excluding carboxylic acids is 1. The van der Waals surface area contributed by atoms with Gasteiger partial charge in [0.2, 0.25) is 5.82 Å². The lowest BCUT2D eigenvalue weighted by atomic mass is 10.2. The number of esters is 1. The molecule has 1 aliphatic heterocycles. The quantitative estimate of drug-likeness (QED) is 0.682. The zero-order valence-electron chi connectivity index (χ0n) is 10.5. The second-order valence-corrected chi connectivity index (χ2v) is 4.34. The molecule has 110 valence electrons. The maximum Gasteiger partial charge on any atom is 0.330 e. The van der Waals surface area contributed by atoms with Crippen LogP contribution in [0.1, 0.15) is 19.6 Å². The molecule has 2 N–H and O–H groups in total. The maximum absolute atomic E-state index is 13.2. The summed E-state index contributed by atoms with van der Waals surface area (Å²) in [6.07, 6.45) is -1.71. The van der Waals surface area contributed by atoms with Crippen molar-refractivity contribution in [2.75, 3.05) is 6.61 Å². The Morgan fingerprint density at radius 3 is 2.95 bits per heavy atom. The van der Waals surface area contributed by atoms with Crippen molar-refractivity contribution in [1.29, 1.82) is 0 Å². The molecule has 1 saturated heterocycles. The zero-order chi connectivity index (χ0) is 14.9. The third kappa shape index (κ3) is 2.78. The maximum atomic E-state index is 13.2. The molecule has 0 aromatic carbocycles. The molecule has 0 bridgehead atoms. The highest BCUT2D eigenvalue weighted by Crippen LogP contribution is 2.29. The average Bonchev–Trinajstić information content (AvgIpc) is 2.75. The molecule has 2 heterocycles. The van der Waals surface area contributed by atoms with Gasteiger partial charge in [0, 0.05) is 13.3 Å². The first-order valence-electron chi connectivity index (χ1n) is 5.87. The van der Waals surface area contributed by atoms with Gasteiger partial charge in [-0.05, 0) is 0 Å². The summed E-state index contributed by atoms with van der Waals surface area (Å²) in [6.45, 7) is 0.780. The van der Waals surface area contributed by atoms with Gasteiger partial charge in [-0.25, -0.2) is 4.79 Å². The molecule has 2 rings (SSSR count). The fraction of sp³-hybridized carbons (Fsp3) is 0.545. The van der Waals surface area contributed by atoms with Gasteiger partial charge in [0.15, 0.2) is 0 Å². The van der Waals surface area contributed by atoms with E-state index in [-0.39, 0.29) is 6.42 Å². The predicted octanol–water partition coefficient (Wildman–Crippen LogP) is -1.11. The predicted molar refractivity (Wildman–Crippen MR) is 62.4 cm³/mol. The minimum atomic E-state index is -1.13. The van der Waals surface area contributed by atoms with Crippen LogP contribution in [-0.4, -0.2) is 39.4 Å². The van der Waals surface area contributed by atoms with E-state index in [0.717, 1.165) is 10.8 Å². The molecule has 0 saturated carbocycles. The lowest BCUT2D eigenvalue weighted by Crippen LogP contribution is -2.34. The van der Waals surface area contributed by atoms with Gasteiger partial charge in [0.1, 0.15) is 18.4 Å². The minimum Gasteiger partial charge on any atom is -0.460 e. The summed E-state index contributed by atoms with van der Waals surface area (Å²) in [4.78, 5) is 35.3. The number of hydrogen-bond acceptors (Lipinski definition) is 6. The Kier molecular flexibility index (Phi) is 4.00. The molecule has 3 atom stereocenters. The second-order valence-electron chi connectivity index (χ2n) is 4.34. The minimum absolute atomic E-state index is 0.0657. The van der Waals surface area contributed by atoms with Crippen LogP contribution in [0.25, 0.3) is 0 Å². The Hall–Kier alpha value is -2.00. The smallest absolute Gasteiger partial charge is 0.330 e. The van der Waals surface area contributed by atoms with Gasteiger partial charge in [-0.15, -0.1) is 0 Å². The topological polar surface area (TPSA) is 111 Å². The monoisotopic (exact) mass is 288 g/mol. The summed E-state index contributed by atoms with van der Waals surface area (Å²) in [5.41, 5.74) is -1.97. The number of aromatic nitrogens is 2. The summed E-state index contributed by atoms with van der Waals surface area (Å²) >= 11 is 0. The van der Waals surface area contributed by atoms with E-state index in [1.807, 2.05) is 0 Å². The number of nitrogens with zero attached hydrogens (tertiary/aromatic N) is 1. The Bertz CT molecular complexity index is 624. The molecule has 1 aromatic heterocycles. The van der Waals surface area contributed by atoms with Crippen LogP contribution in [0.3, 0.4) is 0 Å². The number of aliphatic hydroxyl groups excluding tert-OH is 1. The van der Waals surface area contributed by atoms with Gasteiger partial charge in [0.05, 0.1) is 12.8 Å². The fourth-order valence-electron chi connectivity index (χ4n) is 2.05. The SMILES string of the molecule is CC(=O)O[C@@H]1C[C@H](n2cc(F)c(=O)[nH]c2=O)O[C@@H]1CO. The molecular formula is C11H13FN2O6. The average molecular weight is 288 g/mol. The zero-order valence-corrected chi connectivity index (χ0v) is 10.5. The standard InChI is InChI=1S/C11H13FN2O6/c1-5(16)19-7-2-9(20-8(7)4-15)14-3-6(12)10(17)13-11(14)18/h3,7-9,15H,2,4H2,1H3,(H,13,17,18)/t7-,8-,9-/m1/s1. The van der Waals surface area contributed by atoms with Crippen molar-refractivity contribution in [2.24, 2.45) is 0 Å². The molecule has 0 radical (unpaired) electrons. The first kappa shape index (κ1) is 14.4. The van der Waals surface area contributed by atoms with Gasteiger partial charge in [0.25, 0.3) is 5.56 Å². The number of rotatable bonds is 3. The molecular weight excluding hydrogens is 275 g/mol. The van der Waals surface area contributed by atoms with Crippen molar-refractivity contribution in [3.8, 4) is 0 Å². The molecule has 0 aliphatic carbocycles. The van der Waals surface area contributed by atoms with E-state index in [0.29, 0.717) is 0 Å². The van der Waals surface area contributed by atoms with Gasteiger partial charge in [-0.3, -0.25) is 19.1 Å². The van der Waals surface area contributed by atoms with Crippen LogP contribution < -0.4 is 11.2 Å². The molecule has 20 heavy (non-hydrogen) atoms. The normalized spacial score (nSPS) is 25.6. The van der Waals surface area contributed by atoms with Crippen LogP contribution in [0, 0.1) is 5.82 Å². The third-order valence-electron chi connectivity index (χ3n) is 2.91. The summed E-state index contributed by atoms with van der Waals surface area (Å²) in [5.74, 6) is -1.69. The summed E-state index contributed by atoms with van der Waals surface area (Å²) in [7, 11) is 0. The number of nitrogens with one attached hydrogen (secondary N) is 1. The Balaban J connectivity index is 2.27. The van der Waals surface area contributed by atoms with Crippen LogP contribution in [0.4, 0.5) is 4.39 Å². The molecule has 1 aromatic rings. The second kappa shape index (κ2) is 5.55. The van der Waals surface area contributed by atoms with E-state index in [2.05, 4.69) is 0 Å². The highest BCUT2D eigenvalue weighted by atomic mass is 19.1. The number of aromatic amines is 1. The van der Waals surface area contributed by atoms with Gasteiger partial charge < -0.3 is 14.6 Å². The lowest BCUT2D eigenvalue weighted by Gasteiger charge is -2.15. The van der Waals surface area contributed by atoms with Crippen LogP contribution in [0.15, 0.2) is 15.8 Å². The van der Waals surface area contributed by atoms with E-state index in [1.54, 1.807) is 4.98 Å². The van der Waals surface area contributed by atoms with E-state index in [4.69, 9.17) is 14.6 Å². The van der Waals surface area contributed by atoms with Crippen molar-refractivity contribution < 1.29 is 23.8 Å². The van der Waals surface area contributed by atoms with Crippen LogP contribution in [0.5, 0.6) is 0 Å². The Morgan fingerprint density at radius 1 is 1.65 bits per heavy atom. The van der Waals surface area contributed by atoms with Crippen molar-refractivity contribution in [3.05, 3.63) is 32.9 Å². The molecule has 8 nitrogen and oxygen atoms in total. The third-order valence-corrected chi connectivity index (χ3v) is 2.91. The van der Waals surface area contributed by atoms with Crippen LogP contribution in [-0.2, 0) is 14.3 Å². The number of H-pyrrole nitrogens is 1. The van der Waals surface area contributed by atoms with E-state index in [9.17, 15) is 18.8 Å². The van der Waals surface area contributed by atoms with Crippen LogP contribution >= 0.6 is 0 Å². The van der Waals surface area contributed by atoms with Crippen molar-refractivity contribution >= 4 is 5.97 Å². The molecule has 0 amide bonds. The summed E-state index contributed by atoms with van der Waals surface area (Å²) < 4.78 is 24.3. The van der Waals surface area contributed by atoms with Crippen LogP contribution in [0.2, 0.25) is 0 Å². The number of halogens is 1. The molecule has 0 unspecified atom stereocenters. The van der Waals surface area contributed by atoms with Crippen molar-refractivity contribution in [2.45, 2.75) is 31.8 Å². The van der Waals surface area contributed by atoms with Gasteiger partial charge in [-0.2, -0.15) is 4.39 Å². The largest absolute Gasteiger partial charge is 0.460 e. The highest BCUT2D eigenvalue weighted by Gasteiger charge is 2.38. The van der Waals surface area contributed by atoms with Gasteiger partial charge >= 0.3 is 11.7 Å². The number of ether oxygens (including phenoxy) is 2. The van der Waals surface area contributed by atoms with Crippen molar-refractivity contribution in [3.63, 3.8) is 0 Å². The van der Waals surface area contributed by atoms with Gasteiger partial charge in [-0.1, -0.05) is 0 Å². The molecule has 0 spiro atoms. The lowest BCUT2D eigenvalue weighted by molar-refractivity contribution is -0.150. The number of hydrogen-bond donors (Lipinski definition) is 2. The summed E-state index contributed by atoms with van der Waals surface area (Å²) in [5, 5.41) is 9.15. The number of carbonyl (C=O) groups is 1. The first-order chi connectivity index (χ1) is 9.42. The molecule has 1 aliphatic rings. The Labute approximate surface area is 111 Å². The molecule has 9 heteroatoms. The fourth-order valence-corrected chi connectivity index (χ4v) is 2.05. The number of aliphatic hydroxyl groups is 1. The van der Waals surface area contributed by atoms with E-state index < -0.39 is 48.1 Å². The van der Waals surface area contributed by atoms with E-state index >= 15 is 0 Å². The molecule has 1 fully saturated rings. The Morgan fingerprint density at radius 2 is 2.35 bits per heavy atom. The summed E-state index contributed by atoms with van der Waals surface area (Å²) in [6, 6.07) is 0. The first-order valence-corrected chi connectivity index (χ1v) is 5.87. The van der Waals surface area contributed by atoms with E-state index in [1.165, 1.54) is 6.92 Å². The van der Waals surface area contributed by atoms with Crippen molar-refractivity contribution in [1.82, 2.24) is 9.55 Å². The highest BCUT2D eigenvalue weighted by molar-refractivity contribution is 5.66.